The van der Waals surface area contributed by atoms with E-state index >= 15 is 0 Å². The maximum atomic E-state index is 9.02. The van der Waals surface area contributed by atoms with Gasteiger partial charge in [0, 0.05) is 29.9 Å². The van der Waals surface area contributed by atoms with E-state index in [9.17, 15) is 0 Å². The number of hydrogen-bond donors (Lipinski definition) is 0. The van der Waals surface area contributed by atoms with E-state index in [1.54, 1.807) is 7.11 Å². The summed E-state index contributed by atoms with van der Waals surface area (Å²) >= 11 is 6.54. The molecule has 1 aliphatic rings. The summed E-state index contributed by atoms with van der Waals surface area (Å²) in [4.78, 5) is 13.5. The number of fused-ring (bicyclic) bond motifs is 1. The van der Waals surface area contributed by atoms with Gasteiger partial charge in [0.2, 0.25) is 5.82 Å². The lowest BCUT2D eigenvalue weighted by atomic mass is 10.1. The summed E-state index contributed by atoms with van der Waals surface area (Å²) in [6, 6.07) is 25.3. The van der Waals surface area contributed by atoms with Gasteiger partial charge in [-0.1, -0.05) is 48.9 Å². The first-order valence-corrected chi connectivity index (χ1v) is 12.8. The molecule has 0 atom stereocenters. The normalized spacial score (nSPS) is 13.2. The standard InChI is InChI=1S/C29H26ClN7O/c1-3-17-36(18-7-16-31)22-14-12-21(13-15-22)32-27-26(24-10-4-5-11-25(24)30)34-37-29(27)33-28(35-37)20-8-6-9-23(19-20)38-2/h4-6,8-15,19H,3,7,17-18H2,1-2H3. The van der Waals surface area contributed by atoms with Crippen LogP contribution in [-0.4, -0.2) is 46.5 Å². The van der Waals surface area contributed by atoms with Crippen molar-refractivity contribution in [1.29, 1.82) is 5.26 Å². The highest BCUT2D eigenvalue weighted by Crippen LogP contribution is 2.28. The van der Waals surface area contributed by atoms with Crippen LogP contribution >= 0.6 is 11.6 Å². The molecule has 4 aromatic rings. The third kappa shape index (κ3) is 5.15. The van der Waals surface area contributed by atoms with Gasteiger partial charge < -0.3 is 9.64 Å². The van der Waals surface area contributed by atoms with Crippen molar-refractivity contribution in [1.82, 2.24) is 14.9 Å². The third-order valence-electron chi connectivity index (χ3n) is 6.12. The number of nitrogens with zero attached hydrogens (tertiary/aromatic N) is 7. The zero-order valence-electron chi connectivity index (χ0n) is 21.2. The van der Waals surface area contributed by atoms with Crippen LogP contribution in [-0.2, 0) is 0 Å². The number of benzene rings is 3. The van der Waals surface area contributed by atoms with Gasteiger partial charge in [-0.3, -0.25) is 0 Å². The van der Waals surface area contributed by atoms with Crippen LogP contribution in [0.2, 0.25) is 5.02 Å². The van der Waals surface area contributed by atoms with Gasteiger partial charge in [0.1, 0.15) is 17.2 Å². The molecule has 5 rings (SSSR count). The number of methoxy groups -OCH3 is 1. The maximum absolute atomic E-state index is 9.02. The quantitative estimate of drug-likeness (QED) is 0.263. The predicted molar refractivity (Wildman–Crippen MR) is 151 cm³/mol. The molecule has 0 bridgehead atoms. The van der Waals surface area contributed by atoms with E-state index in [0.29, 0.717) is 41.1 Å². The number of aliphatic imine (C=N–C) groups is 1. The topological polar surface area (TPSA) is 91.7 Å². The predicted octanol–water partition coefficient (Wildman–Crippen LogP) is 6.12. The Morgan fingerprint density at radius 2 is 1.87 bits per heavy atom. The average Bonchev–Trinajstić information content (AvgIpc) is 3.51. The fourth-order valence-corrected chi connectivity index (χ4v) is 4.51. The minimum atomic E-state index is 0.479. The zero-order chi connectivity index (χ0) is 26.5. The first-order chi connectivity index (χ1) is 18.6. The van der Waals surface area contributed by atoms with Gasteiger partial charge in [0.05, 0.1) is 30.3 Å². The molecular weight excluding hydrogens is 498 g/mol. The molecule has 0 saturated carbocycles. The molecule has 0 N–H and O–H groups in total. The average molecular weight is 524 g/mol. The Morgan fingerprint density at radius 1 is 1.05 bits per heavy atom. The number of rotatable bonds is 9. The summed E-state index contributed by atoms with van der Waals surface area (Å²) in [6.45, 7) is 3.71. The Bertz CT molecular complexity index is 1550. The van der Waals surface area contributed by atoms with E-state index < -0.39 is 0 Å². The molecular formula is C29H26ClN7O. The van der Waals surface area contributed by atoms with Crippen molar-refractivity contribution in [3.8, 4) is 23.2 Å². The van der Waals surface area contributed by atoms with Crippen LogP contribution in [0.3, 0.4) is 0 Å². The van der Waals surface area contributed by atoms with E-state index in [1.807, 2.05) is 72.8 Å². The van der Waals surface area contributed by atoms with E-state index in [1.165, 1.54) is 4.79 Å². The van der Waals surface area contributed by atoms with Crippen molar-refractivity contribution >= 4 is 34.4 Å². The Balaban J connectivity index is 1.55. The Hall–Kier alpha value is -4.48. The van der Waals surface area contributed by atoms with Crippen LogP contribution in [0.1, 0.15) is 31.2 Å². The smallest absolute Gasteiger partial charge is 0.204 e. The molecule has 8 nitrogen and oxygen atoms in total. The van der Waals surface area contributed by atoms with Gasteiger partial charge in [-0.05, 0) is 48.9 Å². The van der Waals surface area contributed by atoms with Gasteiger partial charge in [0.25, 0.3) is 0 Å². The van der Waals surface area contributed by atoms with Crippen molar-refractivity contribution in [3.05, 3.63) is 89.2 Å². The van der Waals surface area contributed by atoms with Crippen LogP contribution in [0.4, 0.5) is 11.4 Å². The van der Waals surface area contributed by atoms with Crippen LogP contribution in [0, 0.1) is 11.3 Å². The SMILES string of the molecule is CCCN(CCC#N)c1ccc(N=C2C(c3ccccc3Cl)=Nn3nc(-c4cccc(OC)c4)nc32)cc1. The first-order valence-electron chi connectivity index (χ1n) is 12.4. The number of halogens is 1. The number of hydrogen-bond acceptors (Lipinski definition) is 7. The molecule has 1 aliphatic heterocycles. The van der Waals surface area contributed by atoms with Crippen LogP contribution in [0.15, 0.2) is 82.9 Å². The summed E-state index contributed by atoms with van der Waals surface area (Å²) < 4.78 is 5.36. The molecule has 2 heterocycles. The molecule has 3 aromatic carbocycles. The van der Waals surface area contributed by atoms with Crippen LogP contribution < -0.4 is 9.64 Å². The molecule has 0 saturated heterocycles. The van der Waals surface area contributed by atoms with E-state index in [-0.39, 0.29) is 0 Å². The first kappa shape index (κ1) is 25.2. The Kier molecular flexibility index (Phi) is 7.47. The molecule has 0 aliphatic carbocycles. The maximum Gasteiger partial charge on any atom is 0.204 e. The van der Waals surface area contributed by atoms with Crippen LogP contribution in [0.5, 0.6) is 5.75 Å². The molecule has 0 unspecified atom stereocenters. The second-order valence-corrected chi connectivity index (χ2v) is 9.09. The van der Waals surface area contributed by atoms with E-state index in [0.717, 1.165) is 41.2 Å². The number of anilines is 1. The third-order valence-corrected chi connectivity index (χ3v) is 6.45. The molecule has 38 heavy (non-hydrogen) atoms. The van der Waals surface area contributed by atoms with Crippen LogP contribution in [0.25, 0.3) is 11.4 Å². The number of ether oxygens (including phenoxy) is 1. The summed E-state index contributed by atoms with van der Waals surface area (Å²) in [5, 5.41) is 18.9. The van der Waals surface area contributed by atoms with Crippen molar-refractivity contribution < 1.29 is 4.74 Å². The lowest BCUT2D eigenvalue weighted by Crippen LogP contribution is -2.24. The molecule has 0 fully saturated rings. The second-order valence-electron chi connectivity index (χ2n) is 8.68. The summed E-state index contributed by atoms with van der Waals surface area (Å²) in [5.41, 5.74) is 4.57. The van der Waals surface area contributed by atoms with E-state index in [2.05, 4.69) is 23.0 Å². The largest absolute Gasteiger partial charge is 0.497 e. The molecule has 1 aromatic heterocycles. The fourth-order valence-electron chi connectivity index (χ4n) is 4.28. The van der Waals surface area contributed by atoms with Crippen molar-refractivity contribution in [2.45, 2.75) is 19.8 Å². The summed E-state index contributed by atoms with van der Waals surface area (Å²) in [7, 11) is 1.63. The van der Waals surface area contributed by atoms with E-state index in [4.69, 9.17) is 36.7 Å². The number of aromatic nitrogens is 3. The highest BCUT2D eigenvalue weighted by Gasteiger charge is 2.30. The molecule has 0 amide bonds. The lowest BCUT2D eigenvalue weighted by molar-refractivity contribution is 0.415. The second kappa shape index (κ2) is 11.3. The summed E-state index contributed by atoms with van der Waals surface area (Å²) in [6.07, 6.45) is 1.48. The molecule has 190 valence electrons. The number of nitriles is 1. The monoisotopic (exact) mass is 523 g/mol. The Morgan fingerprint density at radius 3 is 2.61 bits per heavy atom. The van der Waals surface area contributed by atoms with Gasteiger partial charge in [-0.15, -0.1) is 15.0 Å². The minimum absolute atomic E-state index is 0.479. The highest BCUT2D eigenvalue weighted by molar-refractivity contribution is 6.56. The van der Waals surface area contributed by atoms with Gasteiger partial charge in [0.15, 0.2) is 5.82 Å². The molecule has 0 spiro atoms. The van der Waals surface area contributed by atoms with Gasteiger partial charge in [-0.2, -0.15) is 5.26 Å². The minimum Gasteiger partial charge on any atom is -0.497 e. The van der Waals surface area contributed by atoms with Gasteiger partial charge in [-0.25, -0.2) is 9.98 Å². The molecule has 0 radical (unpaired) electrons. The lowest BCUT2D eigenvalue weighted by Gasteiger charge is -2.23. The molecule has 9 heteroatoms. The fraction of sp³-hybridized carbons (Fsp3) is 0.207. The van der Waals surface area contributed by atoms with Crippen molar-refractivity contribution in [2.75, 3.05) is 25.1 Å². The Labute approximate surface area is 226 Å². The highest BCUT2D eigenvalue weighted by atomic mass is 35.5. The van der Waals surface area contributed by atoms with Gasteiger partial charge >= 0.3 is 0 Å². The zero-order valence-corrected chi connectivity index (χ0v) is 21.9. The van der Waals surface area contributed by atoms with Crippen molar-refractivity contribution in [3.63, 3.8) is 0 Å². The van der Waals surface area contributed by atoms with Crippen molar-refractivity contribution in [2.24, 2.45) is 10.1 Å². The summed E-state index contributed by atoms with van der Waals surface area (Å²) in [5.74, 6) is 1.78.